The molecule has 0 radical (unpaired) electrons. The quantitative estimate of drug-likeness (QED) is 0.635. The van der Waals surface area contributed by atoms with E-state index in [1.165, 1.54) is 0 Å². The molecule has 0 aromatic heterocycles. The van der Waals surface area contributed by atoms with Crippen LogP contribution >= 0.6 is 11.8 Å². The largest absolute Gasteiger partial charge is 0.465 e. The van der Waals surface area contributed by atoms with Crippen molar-refractivity contribution in [3.8, 4) is 0 Å². The van der Waals surface area contributed by atoms with Gasteiger partial charge in [0.25, 0.3) is 0 Å². The zero-order valence-electron chi connectivity index (χ0n) is 10.9. The SMILES string of the molecule is CCCNC(CCSC(C)C)C(=O)OCC. The highest BCUT2D eigenvalue weighted by molar-refractivity contribution is 7.99. The van der Waals surface area contributed by atoms with E-state index in [0.717, 1.165) is 25.1 Å². The second kappa shape index (κ2) is 9.97. The molecule has 1 unspecified atom stereocenters. The van der Waals surface area contributed by atoms with Crippen molar-refractivity contribution in [2.45, 2.75) is 51.8 Å². The summed E-state index contributed by atoms with van der Waals surface area (Å²) in [5.41, 5.74) is 0. The van der Waals surface area contributed by atoms with E-state index in [-0.39, 0.29) is 12.0 Å². The summed E-state index contributed by atoms with van der Waals surface area (Å²) in [6.07, 6.45) is 1.88. The molecular weight excluding hydrogens is 222 g/mol. The van der Waals surface area contributed by atoms with E-state index < -0.39 is 0 Å². The fraction of sp³-hybridized carbons (Fsp3) is 0.917. The molecule has 0 saturated carbocycles. The third-order valence-electron chi connectivity index (χ3n) is 2.07. The summed E-state index contributed by atoms with van der Waals surface area (Å²) < 4.78 is 5.05. The van der Waals surface area contributed by atoms with Crippen molar-refractivity contribution >= 4 is 17.7 Å². The Morgan fingerprint density at radius 3 is 2.56 bits per heavy atom. The van der Waals surface area contributed by atoms with Crippen molar-refractivity contribution in [3.63, 3.8) is 0 Å². The van der Waals surface area contributed by atoms with Gasteiger partial charge in [-0.05, 0) is 37.3 Å². The Morgan fingerprint density at radius 2 is 2.06 bits per heavy atom. The lowest BCUT2D eigenvalue weighted by atomic mass is 10.2. The third kappa shape index (κ3) is 7.99. The monoisotopic (exact) mass is 247 g/mol. The molecule has 0 heterocycles. The zero-order chi connectivity index (χ0) is 12.4. The number of hydrogen-bond donors (Lipinski definition) is 1. The van der Waals surface area contributed by atoms with Crippen LogP contribution in [0.2, 0.25) is 0 Å². The van der Waals surface area contributed by atoms with Gasteiger partial charge in [0.2, 0.25) is 0 Å². The summed E-state index contributed by atoms with van der Waals surface area (Å²) in [6.45, 7) is 9.61. The highest BCUT2D eigenvalue weighted by Gasteiger charge is 2.18. The van der Waals surface area contributed by atoms with Gasteiger partial charge in [-0.3, -0.25) is 4.79 Å². The number of carbonyl (C=O) groups excluding carboxylic acids is 1. The van der Waals surface area contributed by atoms with Crippen molar-refractivity contribution in [1.29, 1.82) is 0 Å². The molecule has 96 valence electrons. The summed E-state index contributed by atoms with van der Waals surface area (Å²) in [4.78, 5) is 11.6. The molecule has 0 rings (SSSR count). The van der Waals surface area contributed by atoms with E-state index in [4.69, 9.17) is 4.74 Å². The van der Waals surface area contributed by atoms with E-state index in [0.29, 0.717) is 11.9 Å². The lowest BCUT2D eigenvalue weighted by molar-refractivity contribution is -0.145. The fourth-order valence-electron chi connectivity index (χ4n) is 1.29. The van der Waals surface area contributed by atoms with Crippen LogP contribution in [0.4, 0.5) is 0 Å². The minimum atomic E-state index is -0.133. The van der Waals surface area contributed by atoms with Crippen molar-refractivity contribution in [2.24, 2.45) is 0 Å². The predicted molar refractivity (Wildman–Crippen MR) is 70.9 cm³/mol. The average Bonchev–Trinajstić information content (AvgIpc) is 2.22. The molecule has 0 aromatic carbocycles. The second-order valence-corrected chi connectivity index (χ2v) is 5.65. The van der Waals surface area contributed by atoms with E-state index in [2.05, 4.69) is 26.1 Å². The predicted octanol–water partition coefficient (Wildman–Crippen LogP) is 2.45. The van der Waals surface area contributed by atoms with Gasteiger partial charge in [-0.2, -0.15) is 11.8 Å². The minimum absolute atomic E-state index is 0.111. The third-order valence-corrected chi connectivity index (χ3v) is 3.21. The van der Waals surface area contributed by atoms with Crippen LogP contribution in [0.1, 0.15) is 40.5 Å². The van der Waals surface area contributed by atoms with Crippen LogP contribution in [0.15, 0.2) is 0 Å². The molecule has 0 saturated heterocycles. The topological polar surface area (TPSA) is 38.3 Å². The Balaban J connectivity index is 3.94. The van der Waals surface area contributed by atoms with E-state index in [1.54, 1.807) is 0 Å². The molecule has 0 bridgehead atoms. The molecule has 0 spiro atoms. The van der Waals surface area contributed by atoms with Crippen LogP contribution in [-0.4, -0.2) is 36.2 Å². The molecule has 3 nitrogen and oxygen atoms in total. The van der Waals surface area contributed by atoms with Gasteiger partial charge in [-0.25, -0.2) is 0 Å². The van der Waals surface area contributed by atoms with Crippen molar-refractivity contribution in [2.75, 3.05) is 18.9 Å². The Labute approximate surface area is 104 Å². The number of rotatable bonds is 9. The molecule has 0 fully saturated rings. The van der Waals surface area contributed by atoms with Crippen molar-refractivity contribution in [3.05, 3.63) is 0 Å². The summed E-state index contributed by atoms with van der Waals surface area (Å²) >= 11 is 1.88. The maximum atomic E-state index is 11.6. The lowest BCUT2D eigenvalue weighted by Gasteiger charge is -2.17. The number of carbonyl (C=O) groups is 1. The van der Waals surface area contributed by atoms with Gasteiger partial charge in [0.15, 0.2) is 0 Å². The second-order valence-electron chi connectivity index (χ2n) is 3.97. The number of hydrogen-bond acceptors (Lipinski definition) is 4. The molecule has 0 amide bonds. The maximum absolute atomic E-state index is 11.6. The van der Waals surface area contributed by atoms with E-state index >= 15 is 0 Å². The van der Waals surface area contributed by atoms with Crippen LogP contribution < -0.4 is 5.32 Å². The zero-order valence-corrected chi connectivity index (χ0v) is 11.7. The van der Waals surface area contributed by atoms with Crippen LogP contribution in [0.3, 0.4) is 0 Å². The van der Waals surface area contributed by atoms with Gasteiger partial charge in [-0.1, -0.05) is 20.8 Å². The summed E-state index contributed by atoms with van der Waals surface area (Å²) in [5, 5.41) is 3.86. The number of ether oxygens (including phenoxy) is 1. The van der Waals surface area contributed by atoms with Crippen molar-refractivity contribution in [1.82, 2.24) is 5.32 Å². The Bertz CT molecular complexity index is 186. The summed E-state index contributed by atoms with van der Waals surface area (Å²) in [6, 6.07) is -0.133. The molecule has 0 aliphatic carbocycles. The van der Waals surface area contributed by atoms with Crippen LogP contribution in [0.25, 0.3) is 0 Å². The van der Waals surface area contributed by atoms with Crippen molar-refractivity contribution < 1.29 is 9.53 Å². The first kappa shape index (κ1) is 15.8. The maximum Gasteiger partial charge on any atom is 0.323 e. The molecule has 0 aromatic rings. The summed E-state index contributed by atoms with van der Waals surface area (Å²) in [7, 11) is 0. The smallest absolute Gasteiger partial charge is 0.323 e. The average molecular weight is 247 g/mol. The Hall–Kier alpha value is -0.220. The van der Waals surface area contributed by atoms with E-state index in [9.17, 15) is 4.79 Å². The molecule has 0 aliphatic heterocycles. The standard InChI is InChI=1S/C12H25NO2S/c1-5-8-13-11(12(14)15-6-2)7-9-16-10(3)4/h10-11,13H,5-9H2,1-4H3. The lowest BCUT2D eigenvalue weighted by Crippen LogP contribution is -2.39. The van der Waals surface area contributed by atoms with Crippen LogP contribution in [0, 0.1) is 0 Å². The Morgan fingerprint density at radius 1 is 1.38 bits per heavy atom. The highest BCUT2D eigenvalue weighted by atomic mass is 32.2. The number of esters is 1. The first-order valence-corrected chi connectivity index (χ1v) is 7.18. The molecule has 1 atom stereocenters. The Kier molecular flexibility index (Phi) is 9.83. The van der Waals surface area contributed by atoms with Crippen LogP contribution in [0.5, 0.6) is 0 Å². The van der Waals surface area contributed by atoms with Gasteiger partial charge < -0.3 is 10.1 Å². The molecule has 16 heavy (non-hydrogen) atoms. The normalized spacial score (nSPS) is 12.8. The van der Waals surface area contributed by atoms with E-state index in [1.807, 2.05) is 18.7 Å². The van der Waals surface area contributed by atoms with Gasteiger partial charge >= 0.3 is 5.97 Å². The minimum Gasteiger partial charge on any atom is -0.465 e. The molecular formula is C12H25NO2S. The van der Waals surface area contributed by atoms with Gasteiger partial charge in [0, 0.05) is 0 Å². The number of nitrogens with one attached hydrogen (secondary N) is 1. The van der Waals surface area contributed by atoms with Gasteiger partial charge in [0.1, 0.15) is 6.04 Å². The molecule has 4 heteroatoms. The highest BCUT2D eigenvalue weighted by Crippen LogP contribution is 2.12. The first-order chi connectivity index (χ1) is 7.61. The number of thioether (sulfide) groups is 1. The first-order valence-electron chi connectivity index (χ1n) is 6.13. The molecule has 0 aliphatic rings. The fourth-order valence-corrected chi connectivity index (χ4v) is 2.13. The van der Waals surface area contributed by atoms with Gasteiger partial charge in [-0.15, -0.1) is 0 Å². The van der Waals surface area contributed by atoms with Gasteiger partial charge in [0.05, 0.1) is 6.61 Å². The van der Waals surface area contributed by atoms with Crippen LogP contribution in [-0.2, 0) is 9.53 Å². The summed E-state index contributed by atoms with van der Waals surface area (Å²) in [5.74, 6) is 0.887. The molecule has 1 N–H and O–H groups in total.